The molecular formula is C16H22N2O4. The van der Waals surface area contributed by atoms with E-state index in [1.165, 1.54) is 0 Å². The molecule has 1 fully saturated rings. The number of nitrogens with zero attached hydrogens (tertiary/aromatic N) is 1. The van der Waals surface area contributed by atoms with Crippen LogP contribution >= 0.6 is 0 Å². The van der Waals surface area contributed by atoms with Crippen LogP contribution in [0, 0.1) is 0 Å². The lowest BCUT2D eigenvalue weighted by atomic mass is 10.1. The fourth-order valence-corrected chi connectivity index (χ4v) is 2.41. The van der Waals surface area contributed by atoms with E-state index >= 15 is 0 Å². The Kier molecular flexibility index (Phi) is 5.66. The Morgan fingerprint density at radius 1 is 1.09 bits per heavy atom. The molecular weight excluding hydrogens is 284 g/mol. The van der Waals surface area contributed by atoms with Crippen molar-refractivity contribution in [2.24, 2.45) is 0 Å². The number of hydrogen-bond donors (Lipinski definition) is 1. The van der Waals surface area contributed by atoms with Crippen molar-refractivity contribution in [3.63, 3.8) is 0 Å². The fraction of sp³-hybridized carbons (Fsp3) is 0.438. The molecule has 22 heavy (non-hydrogen) atoms. The Morgan fingerprint density at radius 3 is 2.36 bits per heavy atom. The molecule has 0 atom stereocenters. The van der Waals surface area contributed by atoms with Gasteiger partial charge >= 0.3 is 0 Å². The zero-order chi connectivity index (χ0) is 15.9. The van der Waals surface area contributed by atoms with Crippen LogP contribution in [-0.4, -0.2) is 58.3 Å². The summed E-state index contributed by atoms with van der Waals surface area (Å²) in [4.78, 5) is 14.0. The summed E-state index contributed by atoms with van der Waals surface area (Å²) in [5, 5.41) is 3.22. The van der Waals surface area contributed by atoms with Crippen LogP contribution in [0.15, 0.2) is 18.2 Å². The van der Waals surface area contributed by atoms with Crippen LogP contribution < -0.4 is 19.5 Å². The van der Waals surface area contributed by atoms with Gasteiger partial charge in [-0.3, -0.25) is 4.79 Å². The summed E-state index contributed by atoms with van der Waals surface area (Å²) in [7, 11) is 4.69. The molecule has 0 spiro atoms. The van der Waals surface area contributed by atoms with Crippen molar-refractivity contribution in [3.05, 3.63) is 23.8 Å². The normalized spacial score (nSPS) is 15.0. The maximum Gasteiger partial charge on any atom is 0.246 e. The summed E-state index contributed by atoms with van der Waals surface area (Å²) < 4.78 is 16.0. The average Bonchev–Trinajstić information content (AvgIpc) is 2.59. The van der Waals surface area contributed by atoms with Gasteiger partial charge < -0.3 is 24.4 Å². The topological polar surface area (TPSA) is 60.0 Å². The van der Waals surface area contributed by atoms with Crippen molar-refractivity contribution in [1.82, 2.24) is 10.2 Å². The summed E-state index contributed by atoms with van der Waals surface area (Å²) >= 11 is 0. The van der Waals surface area contributed by atoms with Gasteiger partial charge in [-0.1, -0.05) is 0 Å². The van der Waals surface area contributed by atoms with Crippen LogP contribution in [0.5, 0.6) is 17.2 Å². The highest BCUT2D eigenvalue weighted by molar-refractivity contribution is 5.92. The number of hydrogen-bond acceptors (Lipinski definition) is 5. The summed E-state index contributed by atoms with van der Waals surface area (Å²) in [6.07, 6.45) is 3.31. The standard InChI is InChI=1S/C16H22N2O4/c1-20-13-6-4-12(15(21-2)16(13)22-3)5-7-14(19)18-10-8-17-9-11-18/h4-7,17H,8-11H2,1-3H3/b7-5+. The van der Waals surface area contributed by atoms with E-state index in [-0.39, 0.29) is 5.91 Å². The maximum atomic E-state index is 12.2. The van der Waals surface area contributed by atoms with Gasteiger partial charge in [-0.05, 0) is 18.2 Å². The maximum absolute atomic E-state index is 12.2. The number of benzene rings is 1. The van der Waals surface area contributed by atoms with E-state index in [1.54, 1.807) is 39.5 Å². The van der Waals surface area contributed by atoms with Gasteiger partial charge in [0.25, 0.3) is 0 Å². The number of methoxy groups -OCH3 is 3. The summed E-state index contributed by atoms with van der Waals surface area (Å²) in [6, 6.07) is 3.62. The molecule has 0 saturated carbocycles. The van der Waals surface area contributed by atoms with E-state index in [9.17, 15) is 4.79 Å². The number of carbonyl (C=O) groups excluding carboxylic acids is 1. The van der Waals surface area contributed by atoms with Crippen LogP contribution in [0.25, 0.3) is 6.08 Å². The van der Waals surface area contributed by atoms with Crippen LogP contribution in [0.3, 0.4) is 0 Å². The summed E-state index contributed by atoms with van der Waals surface area (Å²) in [6.45, 7) is 3.12. The van der Waals surface area contributed by atoms with E-state index in [4.69, 9.17) is 14.2 Å². The van der Waals surface area contributed by atoms with E-state index < -0.39 is 0 Å². The number of nitrogens with one attached hydrogen (secondary N) is 1. The quantitative estimate of drug-likeness (QED) is 0.827. The second-order valence-electron chi connectivity index (χ2n) is 4.83. The zero-order valence-corrected chi connectivity index (χ0v) is 13.2. The van der Waals surface area contributed by atoms with E-state index in [2.05, 4.69) is 5.32 Å². The Bertz CT molecular complexity index is 551. The third kappa shape index (κ3) is 3.51. The third-order valence-electron chi connectivity index (χ3n) is 3.57. The highest BCUT2D eigenvalue weighted by Crippen LogP contribution is 2.40. The first kappa shape index (κ1) is 16.2. The highest BCUT2D eigenvalue weighted by atomic mass is 16.5. The number of ether oxygens (including phenoxy) is 3. The predicted molar refractivity (Wildman–Crippen MR) is 84.6 cm³/mol. The Hall–Kier alpha value is -2.21. The largest absolute Gasteiger partial charge is 0.493 e. The molecule has 0 bridgehead atoms. The second kappa shape index (κ2) is 7.70. The molecule has 1 saturated heterocycles. The smallest absolute Gasteiger partial charge is 0.246 e. The molecule has 1 aromatic carbocycles. The second-order valence-corrected chi connectivity index (χ2v) is 4.83. The average molecular weight is 306 g/mol. The Balaban J connectivity index is 2.21. The van der Waals surface area contributed by atoms with Gasteiger partial charge in [0, 0.05) is 37.8 Å². The molecule has 0 unspecified atom stereocenters. The van der Waals surface area contributed by atoms with Gasteiger partial charge in [0.1, 0.15) is 0 Å². The fourth-order valence-electron chi connectivity index (χ4n) is 2.41. The van der Waals surface area contributed by atoms with E-state index in [1.807, 2.05) is 11.0 Å². The highest BCUT2D eigenvalue weighted by Gasteiger charge is 2.16. The molecule has 6 heteroatoms. The number of piperazine rings is 1. The first-order valence-electron chi connectivity index (χ1n) is 7.18. The van der Waals surface area contributed by atoms with Crippen LogP contribution in [0.4, 0.5) is 0 Å². The first-order chi connectivity index (χ1) is 10.7. The molecule has 1 amide bonds. The zero-order valence-electron chi connectivity index (χ0n) is 13.2. The van der Waals surface area contributed by atoms with Crippen LogP contribution in [0.2, 0.25) is 0 Å². The van der Waals surface area contributed by atoms with Crippen molar-refractivity contribution in [1.29, 1.82) is 0 Å². The van der Waals surface area contributed by atoms with Gasteiger partial charge in [-0.15, -0.1) is 0 Å². The molecule has 120 valence electrons. The minimum absolute atomic E-state index is 0.00154. The van der Waals surface area contributed by atoms with Gasteiger partial charge in [0.15, 0.2) is 11.5 Å². The molecule has 0 radical (unpaired) electrons. The molecule has 0 aliphatic carbocycles. The van der Waals surface area contributed by atoms with Crippen molar-refractivity contribution in [3.8, 4) is 17.2 Å². The van der Waals surface area contributed by atoms with Gasteiger partial charge in [-0.25, -0.2) is 0 Å². The summed E-state index contributed by atoms with van der Waals surface area (Å²) in [5.41, 5.74) is 0.767. The molecule has 1 aliphatic rings. The van der Waals surface area contributed by atoms with Crippen LogP contribution in [-0.2, 0) is 4.79 Å². The predicted octanol–water partition coefficient (Wildman–Crippen LogP) is 1.16. The van der Waals surface area contributed by atoms with E-state index in [0.29, 0.717) is 17.2 Å². The Labute approximate surface area is 130 Å². The van der Waals surface area contributed by atoms with Gasteiger partial charge in [0.2, 0.25) is 11.7 Å². The number of amides is 1. The molecule has 1 aromatic rings. The van der Waals surface area contributed by atoms with Gasteiger partial charge in [-0.2, -0.15) is 0 Å². The number of carbonyl (C=O) groups is 1. The minimum atomic E-state index is -0.00154. The van der Waals surface area contributed by atoms with Crippen molar-refractivity contribution in [2.75, 3.05) is 47.5 Å². The molecule has 1 heterocycles. The Morgan fingerprint density at radius 2 is 1.77 bits per heavy atom. The van der Waals surface area contributed by atoms with Crippen molar-refractivity contribution >= 4 is 12.0 Å². The third-order valence-corrected chi connectivity index (χ3v) is 3.57. The lowest BCUT2D eigenvalue weighted by molar-refractivity contribution is -0.126. The van der Waals surface area contributed by atoms with Crippen molar-refractivity contribution in [2.45, 2.75) is 0 Å². The number of rotatable bonds is 5. The molecule has 0 aromatic heterocycles. The molecule has 1 N–H and O–H groups in total. The lowest BCUT2D eigenvalue weighted by Crippen LogP contribution is -2.45. The molecule has 6 nitrogen and oxygen atoms in total. The molecule has 2 rings (SSSR count). The molecule has 1 aliphatic heterocycles. The van der Waals surface area contributed by atoms with Crippen molar-refractivity contribution < 1.29 is 19.0 Å². The summed E-state index contributed by atoms with van der Waals surface area (Å²) in [5.74, 6) is 1.65. The SMILES string of the molecule is COc1ccc(/C=C/C(=O)N2CCNCC2)c(OC)c1OC. The first-order valence-corrected chi connectivity index (χ1v) is 7.18. The monoisotopic (exact) mass is 306 g/mol. The van der Waals surface area contributed by atoms with Crippen LogP contribution in [0.1, 0.15) is 5.56 Å². The lowest BCUT2D eigenvalue weighted by Gasteiger charge is -2.26. The van der Waals surface area contributed by atoms with E-state index in [0.717, 1.165) is 31.7 Å². The van der Waals surface area contributed by atoms with Gasteiger partial charge in [0.05, 0.1) is 21.3 Å². The minimum Gasteiger partial charge on any atom is -0.493 e.